The number of furan rings is 2. The summed E-state index contributed by atoms with van der Waals surface area (Å²) in [5.74, 6) is 2.03. The standard InChI is InChI=1S/C21H23N3O3/c1-15-5-6-20(27-15)21(25)24-8-7-19-16(10-22-11-17(19)13-24)12-23(2)14-18-4-3-9-26-18/h3-6,9-11H,7-8,12-14H2,1-2H3. The van der Waals surface area contributed by atoms with Crippen LogP contribution in [0.25, 0.3) is 0 Å². The van der Waals surface area contributed by atoms with Gasteiger partial charge in [0.2, 0.25) is 0 Å². The van der Waals surface area contributed by atoms with Crippen LogP contribution in [0.2, 0.25) is 0 Å². The van der Waals surface area contributed by atoms with Crippen molar-refractivity contribution in [1.29, 1.82) is 0 Å². The molecule has 6 heteroatoms. The van der Waals surface area contributed by atoms with Gasteiger partial charge in [-0.3, -0.25) is 14.7 Å². The summed E-state index contributed by atoms with van der Waals surface area (Å²) in [7, 11) is 2.07. The van der Waals surface area contributed by atoms with Gasteiger partial charge >= 0.3 is 0 Å². The van der Waals surface area contributed by atoms with Crippen molar-refractivity contribution in [3.63, 3.8) is 0 Å². The first-order valence-corrected chi connectivity index (χ1v) is 9.11. The molecule has 0 saturated heterocycles. The van der Waals surface area contributed by atoms with Gasteiger partial charge in [0.1, 0.15) is 11.5 Å². The van der Waals surface area contributed by atoms with Gasteiger partial charge in [0.05, 0.1) is 12.8 Å². The topological polar surface area (TPSA) is 62.7 Å². The van der Waals surface area contributed by atoms with Gasteiger partial charge < -0.3 is 13.7 Å². The third kappa shape index (κ3) is 3.80. The van der Waals surface area contributed by atoms with Crippen molar-refractivity contribution in [2.45, 2.75) is 33.0 Å². The molecule has 0 aliphatic carbocycles. The molecule has 4 rings (SSSR count). The third-order valence-corrected chi connectivity index (χ3v) is 4.91. The Labute approximate surface area is 158 Å². The van der Waals surface area contributed by atoms with E-state index in [1.807, 2.05) is 42.4 Å². The predicted octanol–water partition coefficient (Wildman–Crippen LogP) is 3.41. The van der Waals surface area contributed by atoms with Crippen molar-refractivity contribution in [3.05, 3.63) is 76.9 Å². The zero-order valence-electron chi connectivity index (χ0n) is 15.6. The number of carbonyl (C=O) groups excluding carboxylic acids is 1. The fourth-order valence-electron chi connectivity index (χ4n) is 3.60. The van der Waals surface area contributed by atoms with E-state index in [2.05, 4.69) is 16.9 Å². The third-order valence-electron chi connectivity index (χ3n) is 4.91. The molecule has 4 heterocycles. The molecule has 0 saturated carbocycles. The number of amides is 1. The highest BCUT2D eigenvalue weighted by Crippen LogP contribution is 2.24. The fourth-order valence-corrected chi connectivity index (χ4v) is 3.60. The summed E-state index contributed by atoms with van der Waals surface area (Å²) in [6, 6.07) is 7.45. The summed E-state index contributed by atoms with van der Waals surface area (Å²) in [5, 5.41) is 0. The number of fused-ring (bicyclic) bond motifs is 1. The highest BCUT2D eigenvalue weighted by Gasteiger charge is 2.25. The zero-order valence-corrected chi connectivity index (χ0v) is 15.6. The second-order valence-corrected chi connectivity index (χ2v) is 7.07. The first-order chi connectivity index (χ1) is 13.1. The minimum absolute atomic E-state index is 0.0610. The van der Waals surface area contributed by atoms with E-state index in [9.17, 15) is 4.79 Å². The Morgan fingerprint density at radius 3 is 2.89 bits per heavy atom. The van der Waals surface area contributed by atoms with Gasteiger partial charge in [0, 0.05) is 32.0 Å². The highest BCUT2D eigenvalue weighted by molar-refractivity contribution is 5.91. The minimum atomic E-state index is -0.0610. The second kappa shape index (κ2) is 7.40. The van der Waals surface area contributed by atoms with E-state index < -0.39 is 0 Å². The lowest BCUT2D eigenvalue weighted by Crippen LogP contribution is -2.36. The molecule has 27 heavy (non-hydrogen) atoms. The molecule has 3 aromatic heterocycles. The van der Waals surface area contributed by atoms with Crippen molar-refractivity contribution in [2.24, 2.45) is 0 Å². The van der Waals surface area contributed by atoms with Crippen LogP contribution in [-0.4, -0.2) is 34.3 Å². The summed E-state index contributed by atoms with van der Waals surface area (Å²) < 4.78 is 10.9. The number of carbonyl (C=O) groups is 1. The van der Waals surface area contributed by atoms with Crippen LogP contribution in [0.1, 0.15) is 38.8 Å². The summed E-state index contributed by atoms with van der Waals surface area (Å²) in [4.78, 5) is 21.1. The Morgan fingerprint density at radius 1 is 1.26 bits per heavy atom. The number of aryl methyl sites for hydroxylation is 1. The number of hydrogen-bond acceptors (Lipinski definition) is 5. The van der Waals surface area contributed by atoms with Gasteiger partial charge in [0.25, 0.3) is 5.91 Å². The molecule has 0 N–H and O–H groups in total. The molecule has 0 atom stereocenters. The van der Waals surface area contributed by atoms with Crippen molar-refractivity contribution in [2.75, 3.05) is 13.6 Å². The lowest BCUT2D eigenvalue weighted by atomic mass is 9.96. The van der Waals surface area contributed by atoms with Crippen molar-refractivity contribution in [3.8, 4) is 0 Å². The normalized spacial score (nSPS) is 13.8. The minimum Gasteiger partial charge on any atom is -0.468 e. The summed E-state index contributed by atoms with van der Waals surface area (Å²) in [6.45, 7) is 4.64. The van der Waals surface area contributed by atoms with E-state index in [0.29, 0.717) is 18.8 Å². The summed E-state index contributed by atoms with van der Waals surface area (Å²) in [5.41, 5.74) is 3.63. The average Bonchev–Trinajstić information content (AvgIpc) is 3.32. The van der Waals surface area contributed by atoms with E-state index in [4.69, 9.17) is 8.83 Å². The average molecular weight is 365 g/mol. The van der Waals surface area contributed by atoms with Crippen molar-refractivity contribution < 1.29 is 13.6 Å². The molecule has 1 amide bonds. The Morgan fingerprint density at radius 2 is 2.15 bits per heavy atom. The number of rotatable bonds is 5. The van der Waals surface area contributed by atoms with Crippen LogP contribution in [-0.2, 0) is 26.1 Å². The van der Waals surface area contributed by atoms with Crippen LogP contribution in [0.15, 0.2) is 51.8 Å². The highest BCUT2D eigenvalue weighted by atomic mass is 16.4. The van der Waals surface area contributed by atoms with Crippen LogP contribution < -0.4 is 0 Å². The van der Waals surface area contributed by atoms with Crippen LogP contribution in [0, 0.1) is 6.92 Å². The Balaban J connectivity index is 1.47. The smallest absolute Gasteiger partial charge is 0.289 e. The van der Waals surface area contributed by atoms with E-state index in [1.165, 1.54) is 11.1 Å². The number of nitrogens with zero attached hydrogens (tertiary/aromatic N) is 3. The van der Waals surface area contributed by atoms with E-state index in [1.54, 1.807) is 12.3 Å². The summed E-state index contributed by atoms with van der Waals surface area (Å²) in [6.07, 6.45) is 6.33. The number of aromatic nitrogens is 1. The number of pyridine rings is 1. The van der Waals surface area contributed by atoms with Crippen LogP contribution in [0.4, 0.5) is 0 Å². The zero-order chi connectivity index (χ0) is 18.8. The molecule has 0 aromatic carbocycles. The van der Waals surface area contributed by atoms with Crippen molar-refractivity contribution in [1.82, 2.24) is 14.8 Å². The molecule has 0 spiro atoms. The van der Waals surface area contributed by atoms with Gasteiger partial charge in [0.15, 0.2) is 5.76 Å². The maximum atomic E-state index is 12.7. The molecular formula is C21H23N3O3. The largest absolute Gasteiger partial charge is 0.468 e. The quantitative estimate of drug-likeness (QED) is 0.693. The maximum Gasteiger partial charge on any atom is 0.289 e. The number of hydrogen-bond donors (Lipinski definition) is 0. The molecule has 1 aliphatic heterocycles. The molecule has 3 aromatic rings. The van der Waals surface area contributed by atoms with Gasteiger partial charge in [-0.2, -0.15) is 0 Å². The van der Waals surface area contributed by atoms with E-state index in [0.717, 1.165) is 36.6 Å². The lowest BCUT2D eigenvalue weighted by Gasteiger charge is -2.30. The van der Waals surface area contributed by atoms with Crippen LogP contribution in [0.3, 0.4) is 0 Å². The first-order valence-electron chi connectivity index (χ1n) is 9.11. The Kier molecular flexibility index (Phi) is 4.81. The molecule has 0 fully saturated rings. The Hall–Kier alpha value is -2.86. The van der Waals surface area contributed by atoms with E-state index >= 15 is 0 Å². The molecule has 1 aliphatic rings. The summed E-state index contributed by atoms with van der Waals surface area (Å²) >= 11 is 0. The molecule has 6 nitrogen and oxygen atoms in total. The molecule has 0 radical (unpaired) electrons. The van der Waals surface area contributed by atoms with Gasteiger partial charge in [-0.1, -0.05) is 0 Å². The predicted molar refractivity (Wildman–Crippen MR) is 100 cm³/mol. The van der Waals surface area contributed by atoms with Gasteiger partial charge in [-0.25, -0.2) is 0 Å². The SMILES string of the molecule is Cc1ccc(C(=O)N2CCc3c(CN(C)Cc4ccco4)cncc3C2)o1. The monoisotopic (exact) mass is 365 g/mol. The molecular weight excluding hydrogens is 342 g/mol. The van der Waals surface area contributed by atoms with Gasteiger partial charge in [-0.05, 0) is 61.3 Å². The first kappa shape index (κ1) is 17.5. The lowest BCUT2D eigenvalue weighted by molar-refractivity contribution is 0.0700. The molecule has 140 valence electrons. The Bertz CT molecular complexity index is 930. The maximum absolute atomic E-state index is 12.7. The van der Waals surface area contributed by atoms with E-state index in [-0.39, 0.29) is 5.91 Å². The molecule has 0 bridgehead atoms. The fraction of sp³-hybridized carbons (Fsp3) is 0.333. The van der Waals surface area contributed by atoms with Crippen molar-refractivity contribution >= 4 is 5.91 Å². The van der Waals surface area contributed by atoms with Crippen LogP contribution in [0.5, 0.6) is 0 Å². The van der Waals surface area contributed by atoms with Gasteiger partial charge in [-0.15, -0.1) is 0 Å². The van der Waals surface area contributed by atoms with Crippen LogP contribution >= 0.6 is 0 Å². The molecule has 0 unspecified atom stereocenters. The second-order valence-electron chi connectivity index (χ2n) is 7.07.